The lowest BCUT2D eigenvalue weighted by Crippen LogP contribution is -2.68. The third kappa shape index (κ3) is 2.48. The highest BCUT2D eigenvalue weighted by Crippen LogP contribution is 2.76. The highest BCUT2D eigenvalue weighted by molar-refractivity contribution is 5.87. The van der Waals surface area contributed by atoms with Crippen LogP contribution in [0.4, 0.5) is 0 Å². The van der Waals surface area contributed by atoms with Gasteiger partial charge in [0.25, 0.3) is 0 Å². The zero-order valence-electron chi connectivity index (χ0n) is 21.8. The van der Waals surface area contributed by atoms with Crippen LogP contribution in [0.5, 0.6) is 0 Å². The van der Waals surface area contributed by atoms with Gasteiger partial charge in [-0.2, -0.15) is 0 Å². The van der Waals surface area contributed by atoms with Crippen LogP contribution in [0, 0.1) is 56.7 Å². The van der Waals surface area contributed by atoms with Gasteiger partial charge in [0.1, 0.15) is 11.6 Å². The van der Waals surface area contributed by atoms with Gasteiger partial charge in [0, 0.05) is 23.7 Å². The van der Waals surface area contributed by atoms with E-state index in [1.807, 2.05) is 0 Å². The molecule has 5 fully saturated rings. The van der Waals surface area contributed by atoms with Crippen molar-refractivity contribution in [1.29, 1.82) is 0 Å². The van der Waals surface area contributed by atoms with E-state index >= 15 is 0 Å². The van der Waals surface area contributed by atoms with Gasteiger partial charge in [-0.25, -0.2) is 0 Å². The van der Waals surface area contributed by atoms with Crippen molar-refractivity contribution in [3.05, 3.63) is 12.2 Å². The van der Waals surface area contributed by atoms with E-state index in [0.29, 0.717) is 41.2 Å². The van der Waals surface area contributed by atoms with Crippen LogP contribution in [-0.4, -0.2) is 11.6 Å². The monoisotopic (exact) mass is 438 g/mol. The molecule has 0 aromatic heterocycles. The Kier molecular flexibility index (Phi) is 4.71. The predicted octanol–water partition coefficient (Wildman–Crippen LogP) is 7.41. The van der Waals surface area contributed by atoms with E-state index in [2.05, 4.69) is 55.0 Å². The van der Waals surface area contributed by atoms with Crippen molar-refractivity contribution in [2.45, 2.75) is 106 Å². The molecule has 5 saturated carbocycles. The van der Waals surface area contributed by atoms with E-state index in [-0.39, 0.29) is 27.1 Å². The number of carbonyl (C=O) groups excluding carboxylic acids is 2. The Bertz CT molecular complexity index is 883. The first-order valence-electron chi connectivity index (χ1n) is 13.5. The van der Waals surface area contributed by atoms with E-state index in [1.165, 1.54) is 24.8 Å². The molecule has 5 aliphatic rings. The summed E-state index contributed by atoms with van der Waals surface area (Å²) in [5, 5.41) is 0. The van der Waals surface area contributed by atoms with Crippen LogP contribution >= 0.6 is 0 Å². The summed E-state index contributed by atoms with van der Waals surface area (Å²) in [5.74, 6) is 3.60. The number of ketones is 2. The lowest BCUT2D eigenvalue weighted by molar-refractivity contribution is -0.233. The van der Waals surface area contributed by atoms with Gasteiger partial charge in [0.05, 0.1) is 0 Å². The summed E-state index contributed by atoms with van der Waals surface area (Å²) in [6.45, 7) is 21.1. The smallest absolute Gasteiger partial charge is 0.139 e. The Balaban J connectivity index is 1.59. The summed E-state index contributed by atoms with van der Waals surface area (Å²) in [6.07, 6.45) is 9.41. The molecule has 178 valence electrons. The number of Topliss-reactive ketones (excluding diaryl/α,β-unsaturated/α-hetero) is 2. The molecule has 5 rings (SSSR count). The number of carbonyl (C=O) groups is 2. The van der Waals surface area contributed by atoms with Crippen molar-refractivity contribution in [2.24, 2.45) is 56.7 Å². The molecule has 0 heterocycles. The molecular formula is C30H46O2. The molecule has 0 bridgehead atoms. The fraction of sp³-hybridized carbons (Fsp3) is 0.867. The minimum Gasteiger partial charge on any atom is -0.299 e. The topological polar surface area (TPSA) is 34.1 Å². The average Bonchev–Trinajstić information content (AvgIpc) is 2.70. The third-order valence-electron chi connectivity index (χ3n) is 13.2. The molecule has 0 spiro atoms. The molecule has 0 amide bonds. The van der Waals surface area contributed by atoms with Crippen molar-refractivity contribution in [2.75, 3.05) is 0 Å². The van der Waals surface area contributed by atoms with Gasteiger partial charge in [-0.3, -0.25) is 9.59 Å². The summed E-state index contributed by atoms with van der Waals surface area (Å²) in [4.78, 5) is 26.8. The fourth-order valence-corrected chi connectivity index (χ4v) is 11.0. The van der Waals surface area contributed by atoms with Gasteiger partial charge in [-0.15, -0.1) is 0 Å². The highest BCUT2D eigenvalue weighted by Gasteiger charge is 2.71. The summed E-state index contributed by atoms with van der Waals surface area (Å²) in [5.41, 5.74) is 1.46. The zero-order chi connectivity index (χ0) is 23.5. The van der Waals surface area contributed by atoms with Crippen LogP contribution < -0.4 is 0 Å². The Labute approximate surface area is 196 Å². The van der Waals surface area contributed by atoms with Crippen molar-refractivity contribution in [1.82, 2.24) is 0 Å². The van der Waals surface area contributed by atoms with Crippen LogP contribution in [0.25, 0.3) is 0 Å². The van der Waals surface area contributed by atoms with Gasteiger partial charge in [-0.05, 0) is 90.8 Å². The molecular weight excluding hydrogens is 392 g/mol. The molecule has 0 aromatic carbocycles. The maximum Gasteiger partial charge on any atom is 0.139 e. The first-order chi connectivity index (χ1) is 14.7. The quantitative estimate of drug-likeness (QED) is 0.369. The summed E-state index contributed by atoms with van der Waals surface area (Å²) in [6, 6.07) is 0. The first-order valence-corrected chi connectivity index (χ1v) is 13.5. The van der Waals surface area contributed by atoms with E-state index in [1.54, 1.807) is 0 Å². The Morgan fingerprint density at radius 1 is 0.781 bits per heavy atom. The van der Waals surface area contributed by atoms with Crippen molar-refractivity contribution in [3.8, 4) is 0 Å². The van der Waals surface area contributed by atoms with Gasteiger partial charge in [-0.1, -0.05) is 60.6 Å². The van der Waals surface area contributed by atoms with E-state index < -0.39 is 0 Å². The molecule has 0 aliphatic heterocycles. The van der Waals surface area contributed by atoms with Crippen LogP contribution in [-0.2, 0) is 9.59 Å². The molecule has 0 radical (unpaired) electrons. The molecule has 0 saturated heterocycles. The fourth-order valence-electron chi connectivity index (χ4n) is 11.0. The highest BCUT2D eigenvalue weighted by atomic mass is 16.1. The molecule has 0 N–H and O–H groups in total. The second-order valence-corrected chi connectivity index (χ2v) is 14.3. The van der Waals surface area contributed by atoms with Crippen molar-refractivity contribution in [3.63, 3.8) is 0 Å². The second kappa shape index (κ2) is 6.60. The summed E-state index contributed by atoms with van der Waals surface area (Å²) < 4.78 is 0. The Morgan fingerprint density at radius 2 is 1.47 bits per heavy atom. The molecule has 2 heteroatoms. The standard InChI is InChI=1S/C30H46O2/c1-18-11-14-28(6)24(32)17-30(8)20(25(28)19(18)2)9-10-22-27(5)15-13-23(31)26(3,4)21(27)12-16-29(22,30)7/h19-22,25H,1,9-17H2,2-8H3/t19-,20-,21+,22-,25-,27+,28-,29-,30-/m1/s1. The van der Waals surface area contributed by atoms with Crippen LogP contribution in [0.3, 0.4) is 0 Å². The van der Waals surface area contributed by atoms with E-state index in [4.69, 9.17) is 0 Å². The molecule has 5 aliphatic carbocycles. The SMILES string of the molecule is C=C1CC[C@]2(C)C(=O)C[C@]3(C)[C@H](CC[C@@H]4[C@@]5(C)CCC(=O)C(C)(C)[C@@H]5CC[C@]43C)[C@H]2[C@@H]1C. The maximum atomic E-state index is 13.9. The van der Waals surface area contributed by atoms with Gasteiger partial charge < -0.3 is 0 Å². The van der Waals surface area contributed by atoms with Gasteiger partial charge in [0.2, 0.25) is 0 Å². The molecule has 9 atom stereocenters. The number of rotatable bonds is 0. The summed E-state index contributed by atoms with van der Waals surface area (Å²) in [7, 11) is 0. The summed E-state index contributed by atoms with van der Waals surface area (Å²) >= 11 is 0. The average molecular weight is 439 g/mol. The number of hydrogen-bond acceptors (Lipinski definition) is 2. The van der Waals surface area contributed by atoms with Crippen LogP contribution in [0.15, 0.2) is 12.2 Å². The molecule has 32 heavy (non-hydrogen) atoms. The normalized spacial score (nSPS) is 54.8. The predicted molar refractivity (Wildman–Crippen MR) is 130 cm³/mol. The third-order valence-corrected chi connectivity index (χ3v) is 13.2. The van der Waals surface area contributed by atoms with Crippen LogP contribution in [0.2, 0.25) is 0 Å². The minimum absolute atomic E-state index is 0.0582. The van der Waals surface area contributed by atoms with Crippen molar-refractivity contribution >= 4 is 11.6 Å². The second-order valence-electron chi connectivity index (χ2n) is 14.3. The lowest BCUT2D eigenvalue weighted by atomic mass is 9.31. The minimum atomic E-state index is -0.206. The van der Waals surface area contributed by atoms with Crippen molar-refractivity contribution < 1.29 is 9.59 Å². The number of allylic oxidation sites excluding steroid dienone is 1. The van der Waals surface area contributed by atoms with E-state index in [0.717, 1.165) is 38.5 Å². The number of fused-ring (bicyclic) bond motifs is 7. The molecule has 0 unspecified atom stereocenters. The Hall–Kier alpha value is -0.920. The first kappa shape index (κ1) is 22.9. The lowest BCUT2D eigenvalue weighted by Gasteiger charge is -2.72. The maximum absolute atomic E-state index is 13.9. The molecule has 0 aromatic rings. The van der Waals surface area contributed by atoms with E-state index in [9.17, 15) is 9.59 Å². The molecule has 2 nitrogen and oxygen atoms in total. The largest absolute Gasteiger partial charge is 0.299 e. The number of hydrogen-bond donors (Lipinski definition) is 0. The zero-order valence-corrected chi connectivity index (χ0v) is 21.8. The van der Waals surface area contributed by atoms with Gasteiger partial charge >= 0.3 is 0 Å². The van der Waals surface area contributed by atoms with Gasteiger partial charge in [0.15, 0.2) is 0 Å². The van der Waals surface area contributed by atoms with Crippen LogP contribution in [0.1, 0.15) is 106 Å². The Morgan fingerprint density at radius 3 is 2.16 bits per heavy atom.